The molecule has 0 bridgehead atoms. The first-order chi connectivity index (χ1) is 20.8. The van der Waals surface area contributed by atoms with Gasteiger partial charge in [-0.2, -0.15) is 0 Å². The highest BCUT2D eigenvalue weighted by Gasteiger charge is 2.71. The summed E-state index contributed by atoms with van der Waals surface area (Å²) in [4.78, 5) is 14.6. The smallest absolute Gasteiger partial charge is 0.144 e. The van der Waals surface area contributed by atoms with E-state index in [2.05, 4.69) is 54.5 Å². The summed E-state index contributed by atoms with van der Waals surface area (Å²) in [7, 11) is 0. The van der Waals surface area contributed by atoms with Crippen molar-refractivity contribution in [2.75, 3.05) is 6.61 Å². The van der Waals surface area contributed by atoms with Crippen molar-refractivity contribution in [2.24, 2.45) is 50.2 Å². The third-order valence-electron chi connectivity index (χ3n) is 15.6. The molecule has 1 aliphatic heterocycles. The molecule has 6 aliphatic rings. The highest BCUT2D eigenvalue weighted by Crippen LogP contribution is 2.76. The van der Waals surface area contributed by atoms with Gasteiger partial charge in [0, 0.05) is 6.42 Å². The SMILES string of the molecule is CC1(C)CC[C@@]2(C(=O)C[C@H]3OC(CO)[C@H](O)C(O)[C@@H]3O)C(C1)C1=CCC3[C@@]4(C)CC[C@H](O)C(C)(C)C4CC[C@@]3(C)[C@]1(C)C[C@H]2O. The molecule has 5 aliphatic carbocycles. The molecule has 45 heavy (non-hydrogen) atoms. The normalized spacial score (nSPS) is 53.7. The van der Waals surface area contributed by atoms with Gasteiger partial charge in [0.25, 0.3) is 0 Å². The molecule has 6 N–H and O–H groups in total. The van der Waals surface area contributed by atoms with Crippen LogP contribution in [0.2, 0.25) is 0 Å². The number of hydrogen-bond acceptors (Lipinski definition) is 8. The van der Waals surface area contributed by atoms with Gasteiger partial charge in [-0.25, -0.2) is 0 Å². The van der Waals surface area contributed by atoms with Crippen LogP contribution in [-0.4, -0.2) is 85.8 Å². The van der Waals surface area contributed by atoms with Crippen molar-refractivity contribution < 1.29 is 40.2 Å². The number of aliphatic hydroxyl groups is 6. The number of rotatable bonds is 4. The number of Topliss-reactive ketones (excluding diaryl/α,β-unsaturated/α-hetero) is 1. The number of ether oxygens (including phenoxy) is 1. The van der Waals surface area contributed by atoms with E-state index in [-0.39, 0.29) is 51.3 Å². The first kappa shape index (κ1) is 34.0. The zero-order chi connectivity index (χ0) is 33.1. The summed E-state index contributed by atoms with van der Waals surface area (Å²) in [6.45, 7) is 15.7. The molecule has 5 unspecified atom stereocenters. The van der Waals surface area contributed by atoms with Crippen molar-refractivity contribution >= 4 is 5.78 Å². The highest BCUT2D eigenvalue weighted by atomic mass is 16.5. The van der Waals surface area contributed by atoms with E-state index >= 15 is 0 Å². The molecule has 256 valence electrons. The van der Waals surface area contributed by atoms with E-state index < -0.39 is 48.6 Å². The molecule has 0 spiro atoms. The van der Waals surface area contributed by atoms with Crippen LogP contribution < -0.4 is 0 Å². The maximum absolute atomic E-state index is 14.6. The van der Waals surface area contributed by atoms with Crippen LogP contribution in [0.15, 0.2) is 11.6 Å². The van der Waals surface area contributed by atoms with Crippen molar-refractivity contribution in [3.05, 3.63) is 11.6 Å². The Labute approximate surface area is 269 Å². The molecule has 6 rings (SSSR count). The molecule has 4 saturated carbocycles. The maximum atomic E-state index is 14.6. The molecule has 0 aromatic rings. The number of carbonyl (C=O) groups is 1. The number of carbonyl (C=O) groups excluding carboxylic acids is 1. The molecule has 0 radical (unpaired) electrons. The standard InChI is InChI=1S/C37H60O8/c1-32(2)14-15-37(27(40)16-22-29(42)31(44)30(43)23(19-38)45-22)21(17-32)20-8-9-25-34(5)12-11-26(39)33(3,4)24(34)10-13-35(25,6)36(20,7)18-28(37)41/h8,21-26,28-31,38-39,41-44H,9-19H2,1-7H3/t21?,22-,23?,24?,25?,26+,28-,29-,30+,31?,34+,35-,36-,37+/m1/s1. The lowest BCUT2D eigenvalue weighted by molar-refractivity contribution is -0.233. The molecule has 1 heterocycles. The van der Waals surface area contributed by atoms with Crippen LogP contribution in [0.5, 0.6) is 0 Å². The number of ketones is 1. The lowest BCUT2D eigenvalue weighted by Crippen LogP contribution is -2.68. The summed E-state index contributed by atoms with van der Waals surface area (Å²) >= 11 is 0. The van der Waals surface area contributed by atoms with Gasteiger partial charge in [-0.3, -0.25) is 4.79 Å². The van der Waals surface area contributed by atoms with Gasteiger partial charge in [0.2, 0.25) is 0 Å². The van der Waals surface area contributed by atoms with Crippen LogP contribution in [0.1, 0.15) is 113 Å². The summed E-state index contributed by atoms with van der Waals surface area (Å²) in [5, 5.41) is 64.7. The van der Waals surface area contributed by atoms with Crippen LogP contribution >= 0.6 is 0 Å². The molecule has 5 fully saturated rings. The molecule has 8 nitrogen and oxygen atoms in total. The molecule has 8 heteroatoms. The van der Waals surface area contributed by atoms with E-state index in [1.807, 2.05) is 0 Å². The van der Waals surface area contributed by atoms with Gasteiger partial charge in [-0.1, -0.05) is 60.1 Å². The Morgan fingerprint density at radius 1 is 0.800 bits per heavy atom. The molecule has 0 amide bonds. The second-order valence-corrected chi connectivity index (χ2v) is 18.3. The zero-order valence-corrected chi connectivity index (χ0v) is 28.6. The lowest BCUT2D eigenvalue weighted by Gasteiger charge is -2.72. The summed E-state index contributed by atoms with van der Waals surface area (Å²) in [5.41, 5.74) is -0.166. The van der Waals surface area contributed by atoms with E-state index in [0.717, 1.165) is 44.9 Å². The average Bonchev–Trinajstić information content (AvgIpc) is 2.95. The predicted molar refractivity (Wildman–Crippen MR) is 170 cm³/mol. The fourth-order valence-electron chi connectivity index (χ4n) is 12.6. The average molecular weight is 633 g/mol. The minimum Gasteiger partial charge on any atom is -0.394 e. The first-order valence-electron chi connectivity index (χ1n) is 17.7. The molecule has 1 saturated heterocycles. The van der Waals surface area contributed by atoms with E-state index in [4.69, 9.17) is 4.74 Å². The summed E-state index contributed by atoms with van der Waals surface area (Å²) in [6.07, 6.45) is 1.89. The van der Waals surface area contributed by atoms with E-state index in [1.54, 1.807) is 0 Å². The molecule has 14 atom stereocenters. The monoisotopic (exact) mass is 632 g/mol. The van der Waals surface area contributed by atoms with E-state index in [1.165, 1.54) is 5.57 Å². The zero-order valence-electron chi connectivity index (χ0n) is 28.6. The van der Waals surface area contributed by atoms with Crippen LogP contribution in [0.4, 0.5) is 0 Å². The van der Waals surface area contributed by atoms with Gasteiger partial charge in [-0.15, -0.1) is 0 Å². The second kappa shape index (κ2) is 10.8. The van der Waals surface area contributed by atoms with Crippen molar-refractivity contribution in [1.29, 1.82) is 0 Å². The van der Waals surface area contributed by atoms with Gasteiger partial charge in [0.05, 0.1) is 30.3 Å². The van der Waals surface area contributed by atoms with Gasteiger partial charge >= 0.3 is 0 Å². The Morgan fingerprint density at radius 3 is 2.13 bits per heavy atom. The van der Waals surface area contributed by atoms with Crippen molar-refractivity contribution in [3.63, 3.8) is 0 Å². The Kier molecular flexibility index (Phi) is 8.17. The van der Waals surface area contributed by atoms with E-state index in [0.29, 0.717) is 24.7 Å². The van der Waals surface area contributed by atoms with Crippen molar-refractivity contribution in [1.82, 2.24) is 0 Å². The van der Waals surface area contributed by atoms with Crippen LogP contribution in [0.25, 0.3) is 0 Å². The summed E-state index contributed by atoms with van der Waals surface area (Å²) in [5.74, 6) is 0.520. The molecular formula is C37H60O8. The largest absolute Gasteiger partial charge is 0.394 e. The fraction of sp³-hybridized carbons (Fsp3) is 0.919. The number of fused-ring (bicyclic) bond motifs is 7. The quantitative estimate of drug-likeness (QED) is 0.256. The second-order valence-electron chi connectivity index (χ2n) is 18.3. The Balaban J connectivity index is 1.38. The van der Waals surface area contributed by atoms with Crippen molar-refractivity contribution in [3.8, 4) is 0 Å². The highest BCUT2D eigenvalue weighted by molar-refractivity contribution is 5.87. The minimum atomic E-state index is -1.54. The Hall–Kier alpha value is -0.870. The van der Waals surface area contributed by atoms with Crippen LogP contribution in [0, 0.1) is 50.2 Å². The Morgan fingerprint density at radius 2 is 1.47 bits per heavy atom. The third kappa shape index (κ3) is 4.59. The van der Waals surface area contributed by atoms with Gasteiger partial charge in [0.15, 0.2) is 0 Å². The minimum absolute atomic E-state index is 0.0126. The number of hydrogen-bond donors (Lipinski definition) is 6. The maximum Gasteiger partial charge on any atom is 0.144 e. The van der Waals surface area contributed by atoms with Crippen molar-refractivity contribution in [2.45, 2.75) is 155 Å². The molecule has 0 aromatic carbocycles. The predicted octanol–water partition coefficient (Wildman–Crippen LogP) is 3.92. The van der Waals surface area contributed by atoms with Gasteiger partial charge in [-0.05, 0) is 103 Å². The third-order valence-corrected chi connectivity index (χ3v) is 15.6. The van der Waals surface area contributed by atoms with Crippen LogP contribution in [0.3, 0.4) is 0 Å². The van der Waals surface area contributed by atoms with Gasteiger partial charge in [0.1, 0.15) is 30.2 Å². The van der Waals surface area contributed by atoms with Crippen LogP contribution in [-0.2, 0) is 9.53 Å². The fourth-order valence-corrected chi connectivity index (χ4v) is 12.6. The molecular weight excluding hydrogens is 572 g/mol. The number of aliphatic hydroxyl groups excluding tert-OH is 6. The topological polar surface area (TPSA) is 148 Å². The summed E-state index contributed by atoms with van der Waals surface area (Å²) < 4.78 is 5.80. The lowest BCUT2D eigenvalue weighted by atomic mass is 9.33. The first-order valence-corrected chi connectivity index (χ1v) is 17.7. The summed E-state index contributed by atoms with van der Waals surface area (Å²) in [6, 6.07) is 0. The number of allylic oxidation sites excluding steroid dienone is 2. The Bertz CT molecular complexity index is 1210. The van der Waals surface area contributed by atoms with E-state index in [9.17, 15) is 35.4 Å². The molecule has 0 aromatic heterocycles. The van der Waals surface area contributed by atoms with Gasteiger partial charge < -0.3 is 35.4 Å².